The van der Waals surface area contributed by atoms with Crippen molar-refractivity contribution in [2.24, 2.45) is 5.92 Å². The maximum atomic E-state index is 13.0. The summed E-state index contributed by atoms with van der Waals surface area (Å²) in [6, 6.07) is 0. The topological polar surface area (TPSA) is 237 Å². The highest BCUT2D eigenvalue weighted by molar-refractivity contribution is 7.47. The number of phosphoric ester groups is 2. The van der Waals surface area contributed by atoms with Crippen LogP contribution in [-0.2, 0) is 65.4 Å². The van der Waals surface area contributed by atoms with Crippen molar-refractivity contribution in [1.82, 2.24) is 0 Å². The molecule has 5 atom stereocenters. The third-order valence-electron chi connectivity index (χ3n) is 15.3. The molecule has 0 aromatic carbocycles. The summed E-state index contributed by atoms with van der Waals surface area (Å²) in [5.74, 6) is -1.44. The average Bonchev–Trinajstić information content (AvgIpc) is 3.48. The second kappa shape index (κ2) is 59.7. The molecular formula is C66H128O17P2. The van der Waals surface area contributed by atoms with E-state index in [1.807, 2.05) is 0 Å². The summed E-state index contributed by atoms with van der Waals surface area (Å²) in [6.45, 7) is 7.12. The van der Waals surface area contributed by atoms with Crippen LogP contribution in [0.15, 0.2) is 0 Å². The first-order chi connectivity index (χ1) is 41.0. The molecule has 0 aromatic rings. The Labute approximate surface area is 517 Å². The highest BCUT2D eigenvalue weighted by Crippen LogP contribution is 2.45. The monoisotopic (exact) mass is 1250 g/mol. The standard InChI is InChI=1S/C66H128O17P2/c1-6-9-12-15-18-20-22-24-25-27-29-31-36-41-46-51-65(70)82-62(56-77-64(69)50-45-40-35-30-28-26-23-21-19-16-13-10-7-2)58-81-85(74,75)79-54-60(67)53-78-84(72,73)80-57-61(55-76-63(68)49-44-39-33-17-14-11-8-3)83-66(71)52-47-42-37-32-34-38-43-48-59(4)5/h59-62,67H,6-58H2,1-5H3,(H,72,73)(H,74,75)/t60-,61+,62+/m0/s1. The lowest BCUT2D eigenvalue weighted by Gasteiger charge is -2.21. The number of aliphatic hydroxyl groups excluding tert-OH is 1. The number of carbonyl (C=O) groups is 4. The fraction of sp³-hybridized carbons (Fsp3) is 0.939. The number of esters is 4. The van der Waals surface area contributed by atoms with E-state index in [1.54, 1.807) is 0 Å². The lowest BCUT2D eigenvalue weighted by molar-refractivity contribution is -0.161. The van der Waals surface area contributed by atoms with Gasteiger partial charge in [-0.3, -0.25) is 37.3 Å². The Morgan fingerprint density at radius 1 is 0.318 bits per heavy atom. The molecule has 0 amide bonds. The molecule has 0 rings (SSSR count). The molecule has 0 bridgehead atoms. The third-order valence-corrected chi connectivity index (χ3v) is 17.2. The first kappa shape index (κ1) is 83.1. The molecule has 2 unspecified atom stereocenters. The van der Waals surface area contributed by atoms with Crippen molar-refractivity contribution >= 4 is 39.5 Å². The van der Waals surface area contributed by atoms with Crippen molar-refractivity contribution in [3.8, 4) is 0 Å². The van der Waals surface area contributed by atoms with Crippen LogP contribution in [0.4, 0.5) is 0 Å². The molecule has 0 radical (unpaired) electrons. The number of aliphatic hydroxyl groups is 1. The predicted molar refractivity (Wildman–Crippen MR) is 340 cm³/mol. The first-order valence-electron chi connectivity index (χ1n) is 34.6. The third kappa shape index (κ3) is 60.7. The molecule has 0 fully saturated rings. The number of carbonyl (C=O) groups excluding carboxylic acids is 4. The van der Waals surface area contributed by atoms with Crippen molar-refractivity contribution in [1.29, 1.82) is 0 Å². The summed E-state index contributed by atoms with van der Waals surface area (Å²) in [4.78, 5) is 72.2. The van der Waals surface area contributed by atoms with Gasteiger partial charge >= 0.3 is 39.5 Å². The first-order valence-corrected chi connectivity index (χ1v) is 37.6. The van der Waals surface area contributed by atoms with E-state index in [0.29, 0.717) is 31.6 Å². The smallest absolute Gasteiger partial charge is 0.462 e. The Morgan fingerprint density at radius 2 is 0.541 bits per heavy atom. The summed E-state index contributed by atoms with van der Waals surface area (Å²) in [7, 11) is -9.89. The van der Waals surface area contributed by atoms with Gasteiger partial charge in [-0.2, -0.15) is 0 Å². The highest BCUT2D eigenvalue weighted by atomic mass is 31.2. The van der Waals surface area contributed by atoms with Crippen LogP contribution in [0.2, 0.25) is 0 Å². The molecule has 0 saturated carbocycles. The number of hydrogen-bond acceptors (Lipinski definition) is 15. The summed E-state index contributed by atoms with van der Waals surface area (Å²) < 4.78 is 68.0. The molecule has 85 heavy (non-hydrogen) atoms. The predicted octanol–water partition coefficient (Wildman–Crippen LogP) is 18.6. The van der Waals surface area contributed by atoms with Crippen LogP contribution in [0.25, 0.3) is 0 Å². The molecule has 19 heteroatoms. The van der Waals surface area contributed by atoms with Crippen molar-refractivity contribution < 1.29 is 80.2 Å². The minimum absolute atomic E-state index is 0.103. The summed E-state index contributed by atoms with van der Waals surface area (Å²) >= 11 is 0. The van der Waals surface area contributed by atoms with E-state index in [4.69, 9.17) is 37.0 Å². The van der Waals surface area contributed by atoms with E-state index in [0.717, 1.165) is 103 Å². The molecule has 0 spiro atoms. The molecule has 0 aliphatic carbocycles. The molecule has 0 heterocycles. The van der Waals surface area contributed by atoms with Gasteiger partial charge in [0.15, 0.2) is 12.2 Å². The molecule has 0 aromatic heterocycles. The van der Waals surface area contributed by atoms with E-state index >= 15 is 0 Å². The van der Waals surface area contributed by atoms with Crippen molar-refractivity contribution in [2.75, 3.05) is 39.6 Å². The van der Waals surface area contributed by atoms with E-state index in [1.165, 1.54) is 148 Å². The van der Waals surface area contributed by atoms with Crippen LogP contribution in [0.3, 0.4) is 0 Å². The Balaban J connectivity index is 5.21. The molecule has 0 saturated heterocycles. The van der Waals surface area contributed by atoms with Crippen molar-refractivity contribution in [2.45, 2.75) is 355 Å². The maximum absolute atomic E-state index is 13.0. The van der Waals surface area contributed by atoms with Gasteiger partial charge in [-0.25, -0.2) is 9.13 Å². The minimum atomic E-state index is -4.95. The van der Waals surface area contributed by atoms with Gasteiger partial charge in [0.2, 0.25) is 0 Å². The van der Waals surface area contributed by atoms with Gasteiger partial charge < -0.3 is 33.8 Å². The summed E-state index contributed by atoms with van der Waals surface area (Å²) in [6.07, 6.45) is 44.6. The lowest BCUT2D eigenvalue weighted by Crippen LogP contribution is -2.30. The zero-order chi connectivity index (χ0) is 62.8. The molecular weight excluding hydrogens is 1130 g/mol. The van der Waals surface area contributed by atoms with Gasteiger partial charge in [0, 0.05) is 25.7 Å². The molecule has 504 valence electrons. The van der Waals surface area contributed by atoms with Crippen molar-refractivity contribution in [3.05, 3.63) is 0 Å². The quantitative estimate of drug-likeness (QED) is 0.0222. The van der Waals surface area contributed by atoms with Gasteiger partial charge in [-0.15, -0.1) is 0 Å². The van der Waals surface area contributed by atoms with E-state index in [9.17, 15) is 43.2 Å². The lowest BCUT2D eigenvalue weighted by atomic mass is 10.0. The van der Waals surface area contributed by atoms with Crippen molar-refractivity contribution in [3.63, 3.8) is 0 Å². The Bertz CT molecular complexity index is 1650. The Morgan fingerprint density at radius 3 is 0.800 bits per heavy atom. The minimum Gasteiger partial charge on any atom is -0.462 e. The fourth-order valence-electron chi connectivity index (χ4n) is 9.94. The molecule has 17 nitrogen and oxygen atoms in total. The summed E-state index contributed by atoms with van der Waals surface area (Å²) in [5, 5.41) is 10.5. The summed E-state index contributed by atoms with van der Waals surface area (Å²) in [5.41, 5.74) is 0. The number of ether oxygens (including phenoxy) is 4. The number of hydrogen-bond donors (Lipinski definition) is 3. The molecule has 0 aliphatic rings. The number of unbranched alkanes of at least 4 members (excludes halogenated alkanes) is 38. The van der Waals surface area contributed by atoms with Crippen LogP contribution in [0, 0.1) is 5.92 Å². The van der Waals surface area contributed by atoms with Gasteiger partial charge in [0.05, 0.1) is 26.4 Å². The van der Waals surface area contributed by atoms with Crippen LogP contribution in [0.5, 0.6) is 0 Å². The second-order valence-corrected chi connectivity index (χ2v) is 27.2. The largest absolute Gasteiger partial charge is 0.472 e. The van der Waals surface area contributed by atoms with Crippen LogP contribution in [-0.4, -0.2) is 96.7 Å². The zero-order valence-electron chi connectivity index (χ0n) is 54.7. The normalized spacial score (nSPS) is 14.2. The van der Waals surface area contributed by atoms with Gasteiger partial charge in [0.25, 0.3) is 0 Å². The Hall–Kier alpha value is -1.94. The zero-order valence-corrected chi connectivity index (χ0v) is 56.5. The van der Waals surface area contributed by atoms with Gasteiger partial charge in [0.1, 0.15) is 19.3 Å². The Kier molecular flexibility index (Phi) is 58.3. The average molecular weight is 1260 g/mol. The highest BCUT2D eigenvalue weighted by Gasteiger charge is 2.30. The van der Waals surface area contributed by atoms with Crippen LogP contribution in [0.1, 0.15) is 336 Å². The molecule has 3 N–H and O–H groups in total. The van der Waals surface area contributed by atoms with E-state index in [2.05, 4.69) is 34.6 Å². The fourth-order valence-corrected chi connectivity index (χ4v) is 11.5. The number of phosphoric acid groups is 2. The van der Waals surface area contributed by atoms with E-state index in [-0.39, 0.29) is 25.7 Å². The maximum Gasteiger partial charge on any atom is 0.472 e. The van der Waals surface area contributed by atoms with Crippen LogP contribution < -0.4 is 0 Å². The van der Waals surface area contributed by atoms with Crippen LogP contribution >= 0.6 is 15.6 Å². The second-order valence-electron chi connectivity index (χ2n) is 24.3. The van der Waals surface area contributed by atoms with Gasteiger partial charge in [-0.05, 0) is 31.6 Å². The molecule has 0 aliphatic heterocycles. The SMILES string of the molecule is CCCCCCCCCCCCCCCCCC(=O)O[C@H](COC(=O)CCCCCCCCCCCCCCC)COP(=O)(O)OC[C@@H](O)COP(=O)(O)OC[C@@H](COC(=O)CCCCCCCCC)OC(=O)CCCCCCCCCC(C)C. The van der Waals surface area contributed by atoms with E-state index < -0.39 is 97.5 Å². The number of rotatable bonds is 66. The van der Waals surface area contributed by atoms with Gasteiger partial charge in [-0.1, -0.05) is 285 Å².